The van der Waals surface area contributed by atoms with Gasteiger partial charge < -0.3 is 16.8 Å². The first kappa shape index (κ1) is 13.0. The van der Waals surface area contributed by atoms with Gasteiger partial charge in [0.05, 0.1) is 17.1 Å². The number of amides is 2. The van der Waals surface area contributed by atoms with E-state index < -0.39 is 5.91 Å². The summed E-state index contributed by atoms with van der Waals surface area (Å²) in [5, 5.41) is 6.71. The van der Waals surface area contributed by atoms with Gasteiger partial charge in [0.25, 0.3) is 0 Å². The van der Waals surface area contributed by atoms with Gasteiger partial charge in [-0.15, -0.1) is 0 Å². The quantitative estimate of drug-likeness (QED) is 0.615. The summed E-state index contributed by atoms with van der Waals surface area (Å²) >= 11 is 0. The molecule has 0 spiro atoms. The van der Waals surface area contributed by atoms with Crippen molar-refractivity contribution in [3.63, 3.8) is 0 Å². The third kappa shape index (κ3) is 3.47. The molecule has 0 saturated carbocycles. The summed E-state index contributed by atoms with van der Waals surface area (Å²) in [6.45, 7) is 3.90. The van der Waals surface area contributed by atoms with Crippen molar-refractivity contribution in [2.75, 3.05) is 12.3 Å². The van der Waals surface area contributed by atoms with Crippen molar-refractivity contribution in [1.29, 1.82) is 0 Å². The maximum absolute atomic E-state index is 11.5. The van der Waals surface area contributed by atoms with Crippen molar-refractivity contribution in [2.24, 2.45) is 5.73 Å². The average molecular weight is 239 g/mol. The second-order valence-corrected chi connectivity index (χ2v) is 3.81. The summed E-state index contributed by atoms with van der Waals surface area (Å²) in [7, 11) is 0. The summed E-state index contributed by atoms with van der Waals surface area (Å²) in [6.07, 6.45) is 0.130. The Hall–Kier alpha value is -2.05. The number of rotatable bonds is 5. The highest BCUT2D eigenvalue weighted by Gasteiger charge is 2.11. The van der Waals surface area contributed by atoms with Crippen LogP contribution in [0.2, 0.25) is 0 Å². The van der Waals surface area contributed by atoms with Crippen molar-refractivity contribution >= 4 is 17.5 Å². The van der Waals surface area contributed by atoms with Gasteiger partial charge in [-0.25, -0.2) is 0 Å². The van der Waals surface area contributed by atoms with Crippen LogP contribution in [0.25, 0.3) is 0 Å². The highest BCUT2D eigenvalue weighted by Crippen LogP contribution is 2.14. The number of primary amides is 1. The van der Waals surface area contributed by atoms with E-state index in [1.165, 1.54) is 4.68 Å². The minimum atomic E-state index is -0.444. The van der Waals surface area contributed by atoms with E-state index >= 15 is 0 Å². The van der Waals surface area contributed by atoms with Crippen LogP contribution in [0.3, 0.4) is 0 Å². The molecule has 0 aromatic carbocycles. The highest BCUT2D eigenvalue weighted by atomic mass is 16.2. The van der Waals surface area contributed by atoms with E-state index in [0.717, 1.165) is 5.69 Å². The van der Waals surface area contributed by atoms with Crippen molar-refractivity contribution in [3.05, 3.63) is 11.4 Å². The molecule has 0 radical (unpaired) electrons. The lowest BCUT2D eigenvalue weighted by Crippen LogP contribution is -2.31. The highest BCUT2D eigenvalue weighted by molar-refractivity contribution is 5.78. The standard InChI is InChI=1S/C10H17N5O2/c1-6-10(12)7(2)15(14-6)5-9(17)13-4-3-8(11)16/h3-5,12H2,1-2H3,(H2,11,16)(H,13,17). The number of aryl methyl sites for hydroxylation is 1. The van der Waals surface area contributed by atoms with Crippen LogP contribution in [0.4, 0.5) is 5.69 Å². The Morgan fingerprint density at radius 1 is 1.41 bits per heavy atom. The van der Waals surface area contributed by atoms with E-state index in [2.05, 4.69) is 10.4 Å². The Labute approximate surface area is 99.1 Å². The smallest absolute Gasteiger partial charge is 0.241 e. The van der Waals surface area contributed by atoms with Gasteiger partial charge in [-0.1, -0.05) is 0 Å². The SMILES string of the molecule is Cc1nn(CC(=O)NCCC(N)=O)c(C)c1N. The molecule has 17 heavy (non-hydrogen) atoms. The molecule has 2 amide bonds. The molecule has 0 fully saturated rings. The molecule has 0 saturated heterocycles. The molecule has 5 N–H and O–H groups in total. The van der Waals surface area contributed by atoms with Crippen molar-refractivity contribution in [2.45, 2.75) is 26.8 Å². The maximum atomic E-state index is 11.5. The largest absolute Gasteiger partial charge is 0.396 e. The van der Waals surface area contributed by atoms with Crippen LogP contribution < -0.4 is 16.8 Å². The van der Waals surface area contributed by atoms with Crippen molar-refractivity contribution in [3.8, 4) is 0 Å². The molecular weight excluding hydrogens is 222 g/mol. The zero-order valence-electron chi connectivity index (χ0n) is 9.99. The molecule has 1 aromatic rings. The molecule has 0 bridgehead atoms. The van der Waals surface area contributed by atoms with Gasteiger partial charge in [0, 0.05) is 13.0 Å². The van der Waals surface area contributed by atoms with Gasteiger partial charge in [0.1, 0.15) is 6.54 Å². The minimum Gasteiger partial charge on any atom is -0.396 e. The number of anilines is 1. The van der Waals surface area contributed by atoms with E-state index in [4.69, 9.17) is 11.5 Å². The monoisotopic (exact) mass is 239 g/mol. The molecule has 94 valence electrons. The maximum Gasteiger partial charge on any atom is 0.241 e. The van der Waals surface area contributed by atoms with E-state index in [-0.39, 0.29) is 25.4 Å². The van der Waals surface area contributed by atoms with Gasteiger partial charge in [-0.05, 0) is 13.8 Å². The Balaban J connectivity index is 2.51. The van der Waals surface area contributed by atoms with Crippen LogP contribution in [-0.4, -0.2) is 28.1 Å². The van der Waals surface area contributed by atoms with E-state index in [9.17, 15) is 9.59 Å². The third-order valence-electron chi connectivity index (χ3n) is 2.42. The third-order valence-corrected chi connectivity index (χ3v) is 2.42. The van der Waals surface area contributed by atoms with Crippen molar-refractivity contribution < 1.29 is 9.59 Å². The predicted molar refractivity (Wildman–Crippen MR) is 62.9 cm³/mol. The minimum absolute atomic E-state index is 0.0859. The molecule has 0 aliphatic carbocycles. The Bertz CT molecular complexity index is 438. The molecule has 0 aliphatic heterocycles. The Morgan fingerprint density at radius 3 is 2.53 bits per heavy atom. The zero-order valence-corrected chi connectivity index (χ0v) is 9.99. The van der Waals surface area contributed by atoms with Gasteiger partial charge in [-0.2, -0.15) is 5.10 Å². The lowest BCUT2D eigenvalue weighted by Gasteiger charge is -2.05. The number of aromatic nitrogens is 2. The van der Waals surface area contributed by atoms with Gasteiger partial charge in [0.2, 0.25) is 11.8 Å². The topological polar surface area (TPSA) is 116 Å². The van der Waals surface area contributed by atoms with Crippen LogP contribution in [0.5, 0.6) is 0 Å². The predicted octanol–water partition coefficient (Wildman–Crippen LogP) is -0.926. The fourth-order valence-electron chi connectivity index (χ4n) is 1.38. The molecular formula is C10H17N5O2. The van der Waals surface area contributed by atoms with E-state index in [1.54, 1.807) is 13.8 Å². The van der Waals surface area contributed by atoms with Crippen LogP contribution in [0.1, 0.15) is 17.8 Å². The number of hydrogen-bond donors (Lipinski definition) is 3. The van der Waals surface area contributed by atoms with Gasteiger partial charge in [0.15, 0.2) is 0 Å². The normalized spacial score (nSPS) is 10.2. The number of nitrogens with one attached hydrogen (secondary N) is 1. The molecule has 0 aliphatic rings. The van der Waals surface area contributed by atoms with Crippen LogP contribution in [0, 0.1) is 13.8 Å². The second-order valence-electron chi connectivity index (χ2n) is 3.81. The van der Waals surface area contributed by atoms with Crippen LogP contribution in [0.15, 0.2) is 0 Å². The number of nitrogen functional groups attached to an aromatic ring is 1. The first-order valence-corrected chi connectivity index (χ1v) is 5.26. The molecule has 1 aromatic heterocycles. The van der Waals surface area contributed by atoms with Gasteiger partial charge >= 0.3 is 0 Å². The number of hydrogen-bond acceptors (Lipinski definition) is 4. The first-order chi connectivity index (χ1) is 7.91. The van der Waals surface area contributed by atoms with E-state index in [1.807, 2.05) is 0 Å². The lowest BCUT2D eigenvalue weighted by molar-refractivity contribution is -0.122. The zero-order chi connectivity index (χ0) is 13.0. The first-order valence-electron chi connectivity index (χ1n) is 5.26. The van der Waals surface area contributed by atoms with Crippen LogP contribution >= 0.6 is 0 Å². The summed E-state index contributed by atoms with van der Waals surface area (Å²) < 4.78 is 1.53. The molecule has 7 nitrogen and oxygen atoms in total. The van der Waals surface area contributed by atoms with Crippen LogP contribution in [-0.2, 0) is 16.1 Å². The lowest BCUT2D eigenvalue weighted by atomic mass is 10.3. The fraction of sp³-hybridized carbons (Fsp3) is 0.500. The Morgan fingerprint density at radius 2 is 2.06 bits per heavy atom. The van der Waals surface area contributed by atoms with E-state index in [0.29, 0.717) is 11.4 Å². The molecule has 0 unspecified atom stereocenters. The number of carbonyl (C=O) groups excluding carboxylic acids is 2. The fourth-order valence-corrected chi connectivity index (χ4v) is 1.38. The molecule has 7 heteroatoms. The average Bonchev–Trinajstić information content (AvgIpc) is 2.46. The summed E-state index contributed by atoms with van der Waals surface area (Å²) in [5.41, 5.74) is 12.7. The summed E-state index contributed by atoms with van der Waals surface area (Å²) in [4.78, 5) is 22.0. The molecule has 1 rings (SSSR count). The summed E-state index contributed by atoms with van der Waals surface area (Å²) in [6, 6.07) is 0. The second kappa shape index (κ2) is 5.33. The summed E-state index contributed by atoms with van der Waals surface area (Å²) in [5.74, 6) is -0.669. The Kier molecular flexibility index (Phi) is 4.08. The number of carbonyl (C=O) groups is 2. The number of nitrogens with two attached hydrogens (primary N) is 2. The number of nitrogens with zero attached hydrogens (tertiary/aromatic N) is 2. The molecule has 0 atom stereocenters. The molecule has 1 heterocycles. The van der Waals surface area contributed by atoms with Gasteiger partial charge in [-0.3, -0.25) is 14.3 Å². The van der Waals surface area contributed by atoms with Crippen molar-refractivity contribution in [1.82, 2.24) is 15.1 Å².